The van der Waals surface area contributed by atoms with Crippen molar-refractivity contribution in [3.05, 3.63) is 58.1 Å². The Labute approximate surface area is 185 Å². The fourth-order valence-corrected chi connectivity index (χ4v) is 4.81. The number of rotatable bonds is 6. The van der Waals surface area contributed by atoms with Crippen LogP contribution in [0.2, 0.25) is 5.02 Å². The molecule has 5 nitrogen and oxygen atoms in total. The average Bonchev–Trinajstić information content (AvgIpc) is 2.65. The maximum absolute atomic E-state index is 13.5. The molecule has 2 rings (SSSR count). The summed E-state index contributed by atoms with van der Waals surface area (Å²) < 4.78 is 24.3. The van der Waals surface area contributed by atoms with E-state index in [9.17, 15) is 9.67 Å². The Morgan fingerprint density at radius 2 is 1.37 bits per heavy atom. The van der Waals surface area contributed by atoms with Crippen LogP contribution in [-0.2, 0) is 24.4 Å². The van der Waals surface area contributed by atoms with Crippen LogP contribution < -0.4 is 5.32 Å². The zero-order chi connectivity index (χ0) is 22.9. The Balaban J connectivity index is 2.76. The predicted molar refractivity (Wildman–Crippen MR) is 125 cm³/mol. The molecule has 0 radical (unpaired) electrons. The van der Waals surface area contributed by atoms with E-state index < -0.39 is 13.4 Å². The fraction of sp³-hybridized carbons (Fsp3) is 0.478. The van der Waals surface area contributed by atoms with Gasteiger partial charge in [-0.15, -0.1) is 0 Å². The van der Waals surface area contributed by atoms with Crippen LogP contribution in [0, 0.1) is 0 Å². The number of anilines is 1. The van der Waals surface area contributed by atoms with E-state index >= 15 is 0 Å². The molecule has 30 heavy (non-hydrogen) atoms. The summed E-state index contributed by atoms with van der Waals surface area (Å²) in [6, 6.07) is 10.9. The molecular weight excluding hydrogens is 421 g/mol. The maximum Gasteiger partial charge on any atom is 0.356 e. The van der Waals surface area contributed by atoms with Gasteiger partial charge in [-0.25, -0.2) is 0 Å². The van der Waals surface area contributed by atoms with Gasteiger partial charge in [0.15, 0.2) is 5.78 Å². The zero-order valence-electron chi connectivity index (χ0n) is 19.0. The van der Waals surface area contributed by atoms with Crippen molar-refractivity contribution in [1.82, 2.24) is 0 Å². The topological polar surface area (TPSA) is 67.8 Å². The molecule has 1 unspecified atom stereocenters. The van der Waals surface area contributed by atoms with Crippen LogP contribution in [0.25, 0.3) is 0 Å². The van der Waals surface area contributed by atoms with Gasteiger partial charge in [-0.2, -0.15) is 0 Å². The molecular formula is C23H33ClNO4P. The zero-order valence-corrected chi connectivity index (χ0v) is 20.7. The number of halogens is 1. The fourth-order valence-electron chi connectivity index (χ4n) is 3.29. The van der Waals surface area contributed by atoms with Gasteiger partial charge in [0.05, 0.1) is 0 Å². The van der Waals surface area contributed by atoms with E-state index in [2.05, 4.69) is 5.32 Å². The second-order valence-corrected chi connectivity index (χ2v) is 12.2. The van der Waals surface area contributed by atoms with Crippen LogP contribution in [0.4, 0.5) is 5.69 Å². The monoisotopic (exact) mass is 453 g/mol. The molecule has 2 N–H and O–H groups in total. The lowest BCUT2D eigenvalue weighted by atomic mass is 9.78. The minimum absolute atomic E-state index is 0.258. The molecule has 0 spiro atoms. The van der Waals surface area contributed by atoms with Crippen molar-refractivity contribution < 1.29 is 18.7 Å². The van der Waals surface area contributed by atoms with Gasteiger partial charge >= 0.3 is 7.60 Å². The molecule has 0 saturated heterocycles. The molecule has 0 aromatic heterocycles. The molecule has 0 amide bonds. The minimum atomic E-state index is -3.58. The Kier molecular flexibility index (Phi) is 7.36. The molecule has 0 aliphatic rings. The molecule has 1 atom stereocenters. The van der Waals surface area contributed by atoms with Crippen molar-refractivity contribution in [3.63, 3.8) is 0 Å². The second-order valence-electron chi connectivity index (χ2n) is 9.42. The molecule has 0 aliphatic carbocycles. The van der Waals surface area contributed by atoms with E-state index in [-0.39, 0.29) is 16.6 Å². The van der Waals surface area contributed by atoms with E-state index in [0.29, 0.717) is 10.6 Å². The van der Waals surface area contributed by atoms with Gasteiger partial charge in [-0.1, -0.05) is 53.1 Å². The maximum atomic E-state index is 13.5. The van der Waals surface area contributed by atoms with Crippen molar-refractivity contribution in [2.24, 2.45) is 0 Å². The lowest BCUT2D eigenvalue weighted by molar-refractivity contribution is 0.268. The van der Waals surface area contributed by atoms with E-state index in [4.69, 9.17) is 20.6 Å². The Hall–Kier alpha value is -1.52. The highest BCUT2D eigenvalue weighted by molar-refractivity contribution is 7.54. The summed E-state index contributed by atoms with van der Waals surface area (Å²) in [4.78, 5) is 0. The van der Waals surface area contributed by atoms with Crippen LogP contribution in [0.5, 0.6) is 5.75 Å². The molecule has 0 saturated carbocycles. The molecule has 166 valence electrons. The number of benzene rings is 2. The van der Waals surface area contributed by atoms with Gasteiger partial charge < -0.3 is 19.5 Å². The average molecular weight is 454 g/mol. The molecule has 2 aromatic rings. The summed E-state index contributed by atoms with van der Waals surface area (Å²) in [5.74, 6) is -0.523. The Bertz CT molecular complexity index is 887. The summed E-state index contributed by atoms with van der Waals surface area (Å²) >= 11 is 6.01. The molecule has 0 fully saturated rings. The summed E-state index contributed by atoms with van der Waals surface area (Å²) in [7, 11) is -0.832. The van der Waals surface area contributed by atoms with E-state index in [1.165, 1.54) is 14.2 Å². The molecule has 0 bridgehead atoms. The Morgan fingerprint density at radius 1 is 0.933 bits per heavy atom. The summed E-state index contributed by atoms with van der Waals surface area (Å²) in [5, 5.41) is 14.9. The summed E-state index contributed by atoms with van der Waals surface area (Å²) in [5.41, 5.74) is 2.33. The van der Waals surface area contributed by atoms with Crippen molar-refractivity contribution in [2.75, 3.05) is 19.5 Å². The lowest BCUT2D eigenvalue weighted by Crippen LogP contribution is -2.20. The Morgan fingerprint density at radius 3 is 1.73 bits per heavy atom. The third-order valence-corrected chi connectivity index (χ3v) is 7.37. The molecule has 0 heterocycles. The number of phenolic OH excluding ortho intramolecular Hbond substituents is 1. The van der Waals surface area contributed by atoms with Gasteiger partial charge in [0, 0.05) is 24.9 Å². The first-order valence-electron chi connectivity index (χ1n) is 9.84. The van der Waals surface area contributed by atoms with Crippen LogP contribution in [-0.4, -0.2) is 19.3 Å². The highest BCUT2D eigenvalue weighted by atomic mass is 35.5. The number of aromatic hydroxyl groups is 1. The number of hydrogen-bond acceptors (Lipinski definition) is 5. The number of nitrogens with one attached hydrogen (secondary N) is 1. The van der Waals surface area contributed by atoms with Crippen molar-refractivity contribution in [1.29, 1.82) is 0 Å². The van der Waals surface area contributed by atoms with Crippen LogP contribution >= 0.6 is 19.2 Å². The van der Waals surface area contributed by atoms with Crippen LogP contribution in [0.3, 0.4) is 0 Å². The lowest BCUT2D eigenvalue weighted by Gasteiger charge is -2.32. The van der Waals surface area contributed by atoms with Gasteiger partial charge in [0.2, 0.25) is 0 Å². The van der Waals surface area contributed by atoms with Crippen LogP contribution in [0.1, 0.15) is 64.0 Å². The van der Waals surface area contributed by atoms with Crippen molar-refractivity contribution >= 4 is 24.9 Å². The first kappa shape index (κ1) is 24.7. The first-order valence-corrected chi connectivity index (χ1v) is 11.8. The number of phenols is 1. The molecule has 7 heteroatoms. The molecule has 2 aromatic carbocycles. The van der Waals surface area contributed by atoms with Crippen molar-refractivity contribution in [2.45, 2.75) is 58.2 Å². The standard InChI is InChI=1S/C23H33ClNO4P/c1-22(2,3)18-13-15(14-19(20(18)26)23(4,5)6)21(30(27,28-7)29-8)25-17-11-9-16(24)10-12-17/h9-14,21,25-26H,1-8H3. The van der Waals surface area contributed by atoms with E-state index in [1.54, 1.807) is 24.3 Å². The summed E-state index contributed by atoms with van der Waals surface area (Å²) in [6.07, 6.45) is 0. The highest BCUT2D eigenvalue weighted by Gasteiger charge is 2.38. The number of hydrogen-bond donors (Lipinski definition) is 2. The van der Waals surface area contributed by atoms with Gasteiger partial charge in [0.1, 0.15) is 5.75 Å². The van der Waals surface area contributed by atoms with Gasteiger partial charge in [-0.05, 0) is 63.9 Å². The molecule has 0 aliphatic heterocycles. The highest BCUT2D eigenvalue weighted by Crippen LogP contribution is 2.60. The van der Waals surface area contributed by atoms with Gasteiger partial charge in [0.25, 0.3) is 0 Å². The first-order chi connectivity index (χ1) is 13.7. The summed E-state index contributed by atoms with van der Waals surface area (Å²) in [6.45, 7) is 12.2. The van der Waals surface area contributed by atoms with E-state index in [1.807, 2.05) is 53.7 Å². The van der Waals surface area contributed by atoms with Gasteiger partial charge in [-0.3, -0.25) is 4.57 Å². The van der Waals surface area contributed by atoms with Crippen molar-refractivity contribution in [3.8, 4) is 5.75 Å². The third-order valence-electron chi connectivity index (χ3n) is 5.04. The smallest absolute Gasteiger partial charge is 0.356 e. The third kappa shape index (κ3) is 5.39. The minimum Gasteiger partial charge on any atom is -0.507 e. The second kappa shape index (κ2) is 8.92. The largest absolute Gasteiger partial charge is 0.507 e. The SMILES string of the molecule is COP(=O)(OC)C(Nc1ccc(Cl)cc1)c1cc(C(C)(C)C)c(O)c(C(C)(C)C)c1. The van der Waals surface area contributed by atoms with E-state index in [0.717, 1.165) is 16.8 Å². The van der Waals surface area contributed by atoms with Crippen LogP contribution in [0.15, 0.2) is 36.4 Å². The normalized spacial score (nSPS) is 13.9. The quantitative estimate of drug-likeness (QED) is 0.451. The predicted octanol–water partition coefficient (Wildman–Crippen LogP) is 7.24.